The number of carbonyl (C=O) groups excluding carboxylic acids is 1. The van der Waals surface area contributed by atoms with Crippen molar-refractivity contribution < 1.29 is 23.1 Å². The number of amides is 1. The maximum atomic E-state index is 14.2. The van der Waals surface area contributed by atoms with Gasteiger partial charge in [0, 0.05) is 16.7 Å². The first-order valence-corrected chi connectivity index (χ1v) is 10.2. The van der Waals surface area contributed by atoms with Crippen LogP contribution in [-0.4, -0.2) is 17.9 Å². The lowest BCUT2D eigenvalue weighted by atomic mass is 10.1. The van der Waals surface area contributed by atoms with E-state index in [4.69, 9.17) is 10.6 Å². The van der Waals surface area contributed by atoms with Crippen LogP contribution in [-0.2, 0) is 0 Å². The number of thioether (sulfide) groups is 1. The van der Waals surface area contributed by atoms with Gasteiger partial charge in [0.1, 0.15) is 16.9 Å². The second kappa shape index (κ2) is 8.79. The van der Waals surface area contributed by atoms with Crippen molar-refractivity contribution in [2.24, 2.45) is 5.90 Å². The summed E-state index contributed by atoms with van der Waals surface area (Å²) in [6.45, 7) is 0. The molecule has 1 heterocycles. The van der Waals surface area contributed by atoms with Crippen LogP contribution >= 0.6 is 11.8 Å². The van der Waals surface area contributed by atoms with Gasteiger partial charge in [-0.05, 0) is 35.9 Å². The van der Waals surface area contributed by atoms with Gasteiger partial charge in [-0.2, -0.15) is 5.90 Å². The Morgan fingerprint density at radius 3 is 2.48 bits per heavy atom. The molecule has 1 unspecified atom stereocenters. The minimum absolute atomic E-state index is 0.0143. The summed E-state index contributed by atoms with van der Waals surface area (Å²) >= 11 is 1.40. The maximum Gasteiger partial charge on any atom is 0.263 e. The van der Waals surface area contributed by atoms with E-state index in [1.807, 2.05) is 18.2 Å². The SMILES string of the molecule is COc1ccccc1C1SC(c2ccc(F)cc2)=CN1C(=O)c1cccc(F)c1ON. The number of hydrogen-bond donors (Lipinski definition) is 1. The number of ether oxygens (including phenoxy) is 1. The van der Waals surface area contributed by atoms with Gasteiger partial charge in [-0.3, -0.25) is 9.69 Å². The molecule has 0 aromatic heterocycles. The summed E-state index contributed by atoms with van der Waals surface area (Å²) in [6, 6.07) is 17.3. The molecule has 2 N–H and O–H groups in total. The molecule has 0 spiro atoms. The smallest absolute Gasteiger partial charge is 0.263 e. The molecule has 3 aromatic rings. The van der Waals surface area contributed by atoms with E-state index in [0.717, 1.165) is 22.1 Å². The molecule has 0 radical (unpaired) electrons. The Morgan fingerprint density at radius 2 is 1.77 bits per heavy atom. The van der Waals surface area contributed by atoms with Gasteiger partial charge in [0.2, 0.25) is 0 Å². The first kappa shape index (κ1) is 20.9. The molecule has 1 amide bonds. The minimum atomic E-state index is -0.739. The van der Waals surface area contributed by atoms with Crippen LogP contribution in [0.2, 0.25) is 0 Å². The maximum absolute atomic E-state index is 14.2. The summed E-state index contributed by atoms with van der Waals surface area (Å²) in [7, 11) is 1.55. The summed E-state index contributed by atoms with van der Waals surface area (Å²) < 4.78 is 33.0. The molecule has 0 aliphatic carbocycles. The molecule has 0 fully saturated rings. The lowest BCUT2D eigenvalue weighted by Crippen LogP contribution is -2.27. The molecule has 5 nitrogen and oxygen atoms in total. The number of nitrogens with zero attached hydrogens (tertiary/aromatic N) is 1. The van der Waals surface area contributed by atoms with Gasteiger partial charge in [0.05, 0.1) is 12.7 Å². The van der Waals surface area contributed by atoms with E-state index in [1.54, 1.807) is 31.5 Å². The van der Waals surface area contributed by atoms with Crippen LogP contribution in [0.4, 0.5) is 8.78 Å². The average molecular weight is 440 g/mol. The van der Waals surface area contributed by atoms with Crippen LogP contribution in [0, 0.1) is 11.6 Å². The van der Waals surface area contributed by atoms with Crippen LogP contribution in [0.15, 0.2) is 72.9 Å². The Hall–Kier alpha value is -3.36. The number of rotatable bonds is 5. The Bertz CT molecular complexity index is 1150. The number of halogens is 2. The predicted molar refractivity (Wildman–Crippen MR) is 115 cm³/mol. The van der Waals surface area contributed by atoms with Crippen molar-refractivity contribution in [3.8, 4) is 11.5 Å². The lowest BCUT2D eigenvalue weighted by molar-refractivity contribution is 0.0807. The van der Waals surface area contributed by atoms with Crippen LogP contribution in [0.3, 0.4) is 0 Å². The standard InChI is InChI=1S/C23H18F2N2O3S/c1-29-19-8-3-2-5-16(19)23-27(13-20(31-23)14-9-11-15(24)12-10-14)22(28)17-6-4-7-18(25)21(17)30-26/h2-13,23H,26H2,1H3. The van der Waals surface area contributed by atoms with E-state index >= 15 is 0 Å². The summed E-state index contributed by atoms with van der Waals surface area (Å²) in [5.41, 5.74) is 1.49. The average Bonchev–Trinajstić information content (AvgIpc) is 3.24. The van der Waals surface area contributed by atoms with E-state index < -0.39 is 17.1 Å². The van der Waals surface area contributed by atoms with Crippen molar-refractivity contribution in [2.45, 2.75) is 5.37 Å². The monoisotopic (exact) mass is 440 g/mol. The number of methoxy groups -OCH3 is 1. The third kappa shape index (κ3) is 3.99. The van der Waals surface area contributed by atoms with Gasteiger partial charge in [0.25, 0.3) is 5.91 Å². The molecular weight excluding hydrogens is 422 g/mol. The van der Waals surface area contributed by atoms with Gasteiger partial charge >= 0.3 is 0 Å². The predicted octanol–water partition coefficient (Wildman–Crippen LogP) is 5.11. The van der Waals surface area contributed by atoms with Gasteiger partial charge in [0.15, 0.2) is 11.6 Å². The number of hydrogen-bond acceptors (Lipinski definition) is 5. The lowest BCUT2D eigenvalue weighted by Gasteiger charge is -2.25. The highest BCUT2D eigenvalue weighted by Crippen LogP contribution is 2.51. The number of benzene rings is 3. The van der Waals surface area contributed by atoms with Gasteiger partial charge < -0.3 is 9.57 Å². The van der Waals surface area contributed by atoms with Crippen LogP contribution in [0.5, 0.6) is 11.5 Å². The van der Waals surface area contributed by atoms with Gasteiger partial charge in [-0.1, -0.05) is 48.2 Å². The highest BCUT2D eigenvalue weighted by Gasteiger charge is 2.35. The van der Waals surface area contributed by atoms with Crippen molar-refractivity contribution in [1.29, 1.82) is 0 Å². The molecule has 31 heavy (non-hydrogen) atoms. The second-order valence-corrected chi connectivity index (χ2v) is 7.78. The van der Waals surface area contributed by atoms with Crippen molar-refractivity contribution in [3.05, 3.63) is 101 Å². The highest BCUT2D eigenvalue weighted by atomic mass is 32.2. The Kier molecular flexibility index (Phi) is 5.92. The van der Waals surface area contributed by atoms with Crippen molar-refractivity contribution in [3.63, 3.8) is 0 Å². The Morgan fingerprint density at radius 1 is 1.03 bits per heavy atom. The molecule has 1 atom stereocenters. The van der Waals surface area contributed by atoms with Crippen molar-refractivity contribution in [1.82, 2.24) is 4.90 Å². The quantitative estimate of drug-likeness (QED) is 0.559. The van der Waals surface area contributed by atoms with E-state index in [1.165, 1.54) is 40.9 Å². The molecule has 3 aromatic carbocycles. The summed E-state index contributed by atoms with van der Waals surface area (Å²) in [6.07, 6.45) is 1.66. The van der Waals surface area contributed by atoms with Crippen molar-refractivity contribution in [2.75, 3.05) is 7.11 Å². The van der Waals surface area contributed by atoms with Gasteiger partial charge in [-0.15, -0.1) is 0 Å². The molecule has 1 aliphatic heterocycles. The first-order chi connectivity index (χ1) is 15.0. The van der Waals surface area contributed by atoms with Crippen molar-refractivity contribution >= 4 is 22.6 Å². The van der Waals surface area contributed by atoms with Crippen LogP contribution in [0.25, 0.3) is 4.91 Å². The molecule has 0 saturated heterocycles. The fourth-order valence-corrected chi connectivity index (χ4v) is 4.62. The fraction of sp³-hybridized carbons (Fsp3) is 0.0870. The largest absolute Gasteiger partial charge is 0.496 e. The molecule has 1 aliphatic rings. The fourth-order valence-electron chi connectivity index (χ4n) is 3.34. The molecular formula is C23H18F2N2O3S. The molecule has 8 heteroatoms. The zero-order valence-corrected chi connectivity index (χ0v) is 17.2. The first-order valence-electron chi connectivity index (χ1n) is 9.28. The highest BCUT2D eigenvalue weighted by molar-refractivity contribution is 8.08. The third-order valence-corrected chi connectivity index (χ3v) is 6.13. The topological polar surface area (TPSA) is 64.8 Å². The second-order valence-electron chi connectivity index (χ2n) is 6.66. The summed E-state index contributed by atoms with van der Waals surface area (Å²) in [5, 5.41) is -0.502. The normalized spacial score (nSPS) is 15.5. The molecule has 0 saturated carbocycles. The van der Waals surface area contributed by atoms with Crippen LogP contribution < -0.4 is 15.5 Å². The zero-order chi connectivity index (χ0) is 22.0. The Balaban J connectivity index is 1.81. The van der Waals surface area contributed by atoms with E-state index in [9.17, 15) is 13.6 Å². The molecule has 0 bridgehead atoms. The minimum Gasteiger partial charge on any atom is -0.496 e. The number of carbonyl (C=O) groups is 1. The van der Waals surface area contributed by atoms with Crippen LogP contribution in [0.1, 0.15) is 26.9 Å². The number of para-hydroxylation sites is 2. The summed E-state index contributed by atoms with van der Waals surface area (Å²) in [5.74, 6) is 3.90. The van der Waals surface area contributed by atoms with E-state index in [0.29, 0.717) is 5.75 Å². The van der Waals surface area contributed by atoms with E-state index in [-0.39, 0.29) is 17.1 Å². The Labute approximate surface area is 182 Å². The zero-order valence-electron chi connectivity index (χ0n) is 16.4. The summed E-state index contributed by atoms with van der Waals surface area (Å²) in [4.78, 5) is 20.3. The molecule has 4 rings (SSSR count). The number of nitrogens with two attached hydrogens (primary N) is 1. The third-order valence-electron chi connectivity index (χ3n) is 4.83. The van der Waals surface area contributed by atoms with Gasteiger partial charge in [-0.25, -0.2) is 8.78 Å². The molecule has 158 valence electrons. The van der Waals surface area contributed by atoms with E-state index in [2.05, 4.69) is 4.84 Å².